The Morgan fingerprint density at radius 3 is 2.61 bits per heavy atom. The van der Waals surface area contributed by atoms with Gasteiger partial charge in [0.1, 0.15) is 19.0 Å². The third-order valence-electron chi connectivity index (χ3n) is 4.25. The summed E-state index contributed by atoms with van der Waals surface area (Å²) in [6.45, 7) is 7.10. The van der Waals surface area contributed by atoms with Crippen LogP contribution in [0.15, 0.2) is 59.0 Å². The molecule has 0 aliphatic rings. The van der Waals surface area contributed by atoms with Gasteiger partial charge in [-0.1, -0.05) is 24.3 Å². The number of aliphatic imine (C=N–C) groups is 1. The van der Waals surface area contributed by atoms with Gasteiger partial charge in [0.05, 0.1) is 17.2 Å². The highest BCUT2D eigenvalue weighted by Gasteiger charge is 2.02. The van der Waals surface area contributed by atoms with E-state index < -0.39 is 0 Å². The van der Waals surface area contributed by atoms with Crippen molar-refractivity contribution in [3.63, 3.8) is 0 Å². The number of nitrogens with zero attached hydrogens (tertiary/aromatic N) is 3. The van der Waals surface area contributed by atoms with Crippen LogP contribution in [0.1, 0.15) is 23.2 Å². The van der Waals surface area contributed by atoms with Gasteiger partial charge >= 0.3 is 0 Å². The molecule has 0 saturated heterocycles. The molecule has 164 valence electrons. The van der Waals surface area contributed by atoms with Gasteiger partial charge in [0, 0.05) is 37.2 Å². The zero-order chi connectivity index (χ0) is 21.7. The molecule has 0 aliphatic heterocycles. The molecule has 0 spiro atoms. The Kier molecular flexibility index (Phi) is 9.12. The van der Waals surface area contributed by atoms with Crippen molar-refractivity contribution < 1.29 is 9.47 Å². The molecule has 8 heteroatoms. The lowest BCUT2D eigenvalue weighted by Gasteiger charge is -2.11. The van der Waals surface area contributed by atoms with E-state index in [1.54, 1.807) is 17.5 Å². The van der Waals surface area contributed by atoms with E-state index in [0.29, 0.717) is 25.6 Å². The number of para-hydroxylation sites is 1. The lowest BCUT2D eigenvalue weighted by molar-refractivity contribution is 0.212. The first-order valence-corrected chi connectivity index (χ1v) is 11.3. The molecule has 0 amide bonds. The van der Waals surface area contributed by atoms with Crippen molar-refractivity contribution in [2.75, 3.05) is 26.3 Å². The maximum atomic E-state index is 5.64. The highest BCUT2D eigenvalue weighted by molar-refractivity contribution is 7.09. The summed E-state index contributed by atoms with van der Waals surface area (Å²) in [5, 5.41) is 9.82. The molecule has 0 fully saturated rings. The summed E-state index contributed by atoms with van der Waals surface area (Å²) >= 11 is 1.68. The number of aryl methyl sites for hydroxylation is 1. The summed E-state index contributed by atoms with van der Waals surface area (Å²) in [7, 11) is 0. The molecule has 1 aromatic carbocycles. The number of aromatic nitrogens is 2. The summed E-state index contributed by atoms with van der Waals surface area (Å²) in [6.07, 6.45) is 2.66. The molecule has 31 heavy (non-hydrogen) atoms. The van der Waals surface area contributed by atoms with E-state index in [-0.39, 0.29) is 0 Å². The van der Waals surface area contributed by atoms with Crippen LogP contribution in [0.3, 0.4) is 0 Å². The van der Waals surface area contributed by atoms with Gasteiger partial charge in [-0.25, -0.2) is 15.0 Å². The van der Waals surface area contributed by atoms with Crippen LogP contribution in [0.5, 0.6) is 11.6 Å². The first kappa shape index (κ1) is 22.6. The minimum atomic E-state index is 0.437. The van der Waals surface area contributed by atoms with Gasteiger partial charge in [0.25, 0.3) is 0 Å². The van der Waals surface area contributed by atoms with Crippen molar-refractivity contribution >= 4 is 17.3 Å². The van der Waals surface area contributed by atoms with Crippen molar-refractivity contribution in [3.8, 4) is 11.6 Å². The number of ether oxygens (including phenoxy) is 2. The zero-order valence-electron chi connectivity index (χ0n) is 18.0. The van der Waals surface area contributed by atoms with Crippen LogP contribution in [-0.4, -0.2) is 42.2 Å². The third-order valence-corrected chi connectivity index (χ3v) is 5.07. The SMILES string of the molecule is CCNC(=NCc1ccc(OCCOc2ccccc2)nc1)NCCc1csc(C)n1. The van der Waals surface area contributed by atoms with E-state index in [0.717, 1.165) is 47.5 Å². The zero-order valence-corrected chi connectivity index (χ0v) is 18.8. The van der Waals surface area contributed by atoms with Gasteiger partial charge in [-0.2, -0.15) is 0 Å². The number of hydrogen-bond donors (Lipinski definition) is 2. The highest BCUT2D eigenvalue weighted by Crippen LogP contribution is 2.11. The normalized spacial score (nSPS) is 11.2. The quantitative estimate of drug-likeness (QED) is 0.270. The minimum absolute atomic E-state index is 0.437. The summed E-state index contributed by atoms with van der Waals surface area (Å²) in [5.74, 6) is 2.19. The van der Waals surface area contributed by atoms with Crippen molar-refractivity contribution in [3.05, 3.63) is 70.3 Å². The van der Waals surface area contributed by atoms with Crippen LogP contribution in [0.25, 0.3) is 0 Å². The van der Waals surface area contributed by atoms with Crippen LogP contribution in [0, 0.1) is 6.92 Å². The average molecular weight is 440 g/mol. The Balaban J connectivity index is 1.40. The number of nitrogens with one attached hydrogen (secondary N) is 2. The second kappa shape index (κ2) is 12.5. The highest BCUT2D eigenvalue weighted by atomic mass is 32.1. The molecule has 0 unspecified atom stereocenters. The van der Waals surface area contributed by atoms with Crippen molar-refractivity contribution in [2.24, 2.45) is 4.99 Å². The molecule has 0 saturated carbocycles. The fraction of sp³-hybridized carbons (Fsp3) is 0.348. The monoisotopic (exact) mass is 439 g/mol. The van der Waals surface area contributed by atoms with Crippen LogP contribution in [0.2, 0.25) is 0 Å². The first-order chi connectivity index (χ1) is 15.2. The van der Waals surface area contributed by atoms with Crippen molar-refractivity contribution in [2.45, 2.75) is 26.8 Å². The Bertz CT molecular complexity index is 929. The second-order valence-electron chi connectivity index (χ2n) is 6.74. The van der Waals surface area contributed by atoms with E-state index in [4.69, 9.17) is 9.47 Å². The minimum Gasteiger partial charge on any atom is -0.490 e. The van der Waals surface area contributed by atoms with Crippen molar-refractivity contribution in [1.29, 1.82) is 0 Å². The third kappa shape index (κ3) is 8.25. The fourth-order valence-corrected chi connectivity index (χ4v) is 3.40. The van der Waals surface area contributed by atoms with Crippen LogP contribution < -0.4 is 20.1 Å². The largest absolute Gasteiger partial charge is 0.490 e. The summed E-state index contributed by atoms with van der Waals surface area (Å²) in [6, 6.07) is 13.5. The standard InChI is InChI=1S/C23H29N5O2S/c1-3-24-23(25-12-11-20-17-31-18(2)28-20)27-16-19-9-10-22(26-15-19)30-14-13-29-21-7-5-4-6-8-21/h4-10,15,17H,3,11-14,16H2,1-2H3,(H2,24,25,27). The van der Waals surface area contributed by atoms with Crippen LogP contribution in [0.4, 0.5) is 0 Å². The Labute approximate surface area is 187 Å². The molecule has 2 N–H and O–H groups in total. The van der Waals surface area contributed by atoms with Gasteiger partial charge in [-0.05, 0) is 31.5 Å². The molecule has 7 nitrogen and oxygen atoms in total. The number of benzene rings is 1. The maximum Gasteiger partial charge on any atom is 0.213 e. The number of pyridine rings is 1. The predicted molar refractivity (Wildman–Crippen MR) is 125 cm³/mol. The Morgan fingerprint density at radius 2 is 1.90 bits per heavy atom. The smallest absolute Gasteiger partial charge is 0.213 e. The summed E-state index contributed by atoms with van der Waals surface area (Å²) < 4.78 is 11.3. The lowest BCUT2D eigenvalue weighted by atomic mass is 10.3. The maximum absolute atomic E-state index is 5.64. The number of guanidine groups is 1. The topological polar surface area (TPSA) is 80.7 Å². The van der Waals surface area contributed by atoms with E-state index in [1.807, 2.05) is 49.4 Å². The Morgan fingerprint density at radius 1 is 1.06 bits per heavy atom. The molecule has 2 aromatic heterocycles. The molecule has 3 aromatic rings. The number of thiazole rings is 1. The lowest BCUT2D eigenvalue weighted by Crippen LogP contribution is -2.38. The van der Waals surface area contributed by atoms with E-state index in [1.165, 1.54) is 0 Å². The second-order valence-corrected chi connectivity index (χ2v) is 7.81. The van der Waals surface area contributed by atoms with Gasteiger partial charge in [-0.15, -0.1) is 11.3 Å². The number of rotatable bonds is 11. The molecule has 0 aliphatic carbocycles. The Hall–Kier alpha value is -3.13. The van der Waals surface area contributed by atoms with Gasteiger partial charge in [0.15, 0.2) is 5.96 Å². The van der Waals surface area contributed by atoms with Gasteiger partial charge in [0.2, 0.25) is 5.88 Å². The van der Waals surface area contributed by atoms with Crippen molar-refractivity contribution in [1.82, 2.24) is 20.6 Å². The molecular formula is C23H29N5O2S. The molecule has 3 rings (SSSR count). The number of hydrogen-bond acceptors (Lipinski definition) is 6. The average Bonchev–Trinajstić information content (AvgIpc) is 3.21. The molecule has 0 radical (unpaired) electrons. The molecule has 0 atom stereocenters. The molecule has 0 bridgehead atoms. The predicted octanol–water partition coefficient (Wildman–Crippen LogP) is 3.60. The fourth-order valence-electron chi connectivity index (χ4n) is 2.76. The van der Waals surface area contributed by atoms with Gasteiger partial charge < -0.3 is 20.1 Å². The van der Waals surface area contributed by atoms with Gasteiger partial charge in [-0.3, -0.25) is 0 Å². The van der Waals surface area contributed by atoms with E-state index >= 15 is 0 Å². The molecular weight excluding hydrogens is 410 g/mol. The summed E-state index contributed by atoms with van der Waals surface area (Å²) in [4.78, 5) is 13.5. The van der Waals surface area contributed by atoms with Crippen LogP contribution in [-0.2, 0) is 13.0 Å². The van der Waals surface area contributed by atoms with Crippen LogP contribution >= 0.6 is 11.3 Å². The van der Waals surface area contributed by atoms with E-state index in [2.05, 4.69) is 37.9 Å². The molecule has 2 heterocycles. The summed E-state index contributed by atoms with van der Waals surface area (Å²) in [5.41, 5.74) is 2.13. The first-order valence-electron chi connectivity index (χ1n) is 10.4. The van der Waals surface area contributed by atoms with E-state index in [9.17, 15) is 0 Å².